The van der Waals surface area contributed by atoms with E-state index >= 15 is 0 Å². The highest BCUT2D eigenvalue weighted by Gasteiger charge is 2.23. The number of rotatable bonds is 3. The Labute approximate surface area is 135 Å². The quantitative estimate of drug-likeness (QED) is 0.817. The Balaban J connectivity index is 1.87. The van der Waals surface area contributed by atoms with Crippen molar-refractivity contribution in [1.82, 2.24) is 24.7 Å². The molecule has 1 aliphatic heterocycles. The number of nitrogens with zero attached hydrogens (tertiary/aromatic N) is 6. The van der Waals surface area contributed by atoms with Gasteiger partial charge in [0, 0.05) is 33.3 Å². The first-order chi connectivity index (χ1) is 11.1. The highest BCUT2D eigenvalue weighted by atomic mass is 16.5. The molecule has 0 spiro atoms. The van der Waals surface area contributed by atoms with Crippen LogP contribution in [0.15, 0.2) is 6.33 Å². The molecule has 2 aromatic rings. The van der Waals surface area contributed by atoms with Gasteiger partial charge in [0.05, 0.1) is 11.4 Å². The summed E-state index contributed by atoms with van der Waals surface area (Å²) in [5, 5.41) is 12.7. The zero-order chi connectivity index (χ0) is 16.4. The largest absolute Gasteiger partial charge is 0.375 e. The van der Waals surface area contributed by atoms with Gasteiger partial charge in [-0.25, -0.2) is 0 Å². The number of fused-ring (bicyclic) bond motifs is 1. The molecule has 23 heavy (non-hydrogen) atoms. The van der Waals surface area contributed by atoms with Gasteiger partial charge in [0.15, 0.2) is 0 Å². The molecule has 1 amide bonds. The summed E-state index contributed by atoms with van der Waals surface area (Å²) >= 11 is 0. The maximum atomic E-state index is 12.0. The second-order valence-electron chi connectivity index (χ2n) is 5.81. The van der Waals surface area contributed by atoms with Gasteiger partial charge in [0.1, 0.15) is 12.9 Å². The van der Waals surface area contributed by atoms with Gasteiger partial charge in [-0.2, -0.15) is 9.61 Å². The molecule has 8 nitrogen and oxygen atoms in total. The summed E-state index contributed by atoms with van der Waals surface area (Å²) in [4.78, 5) is 16.2. The number of hydrogen-bond acceptors (Lipinski definition) is 6. The van der Waals surface area contributed by atoms with Crippen LogP contribution < -0.4 is 4.90 Å². The summed E-state index contributed by atoms with van der Waals surface area (Å²) in [6, 6.07) is 0. The highest BCUT2D eigenvalue weighted by molar-refractivity contribution is 5.78. The summed E-state index contributed by atoms with van der Waals surface area (Å²) in [5.74, 6) is 0.0459. The second kappa shape index (κ2) is 6.49. The Kier molecular flexibility index (Phi) is 4.42. The number of carbonyl (C=O) groups is 1. The first-order valence-corrected chi connectivity index (χ1v) is 7.80. The first-order valence-electron chi connectivity index (χ1n) is 7.80. The molecule has 1 saturated heterocycles. The van der Waals surface area contributed by atoms with Crippen molar-refractivity contribution in [2.75, 3.05) is 44.8 Å². The van der Waals surface area contributed by atoms with Crippen LogP contribution in [0.1, 0.15) is 17.7 Å². The molecule has 0 aliphatic carbocycles. The van der Waals surface area contributed by atoms with Crippen molar-refractivity contribution >= 4 is 17.2 Å². The molecule has 8 heteroatoms. The van der Waals surface area contributed by atoms with E-state index in [-0.39, 0.29) is 12.5 Å². The number of carbonyl (C=O) groups excluding carboxylic acids is 1. The van der Waals surface area contributed by atoms with Crippen molar-refractivity contribution in [3.8, 4) is 0 Å². The van der Waals surface area contributed by atoms with Gasteiger partial charge in [-0.05, 0) is 25.8 Å². The number of aromatic nitrogens is 4. The molecule has 0 bridgehead atoms. The lowest BCUT2D eigenvalue weighted by Crippen LogP contribution is -2.37. The lowest BCUT2D eigenvalue weighted by Gasteiger charge is -2.25. The topological polar surface area (TPSA) is 75.9 Å². The summed E-state index contributed by atoms with van der Waals surface area (Å²) < 4.78 is 6.68. The molecule has 0 N–H and O–H groups in total. The monoisotopic (exact) mass is 318 g/mol. The molecule has 0 saturated carbocycles. The number of anilines is 1. The summed E-state index contributed by atoms with van der Waals surface area (Å²) in [6.07, 6.45) is 2.54. The van der Waals surface area contributed by atoms with E-state index in [1.807, 2.05) is 11.8 Å². The average Bonchev–Trinajstić information content (AvgIpc) is 2.84. The standard InChI is InChI=1S/C15H22N6O2/c1-11-12(2)18-21-10-16-17-15(21)14(11)20-6-4-5-19(7-8-20)13(22)9-23-3/h10H,4-9H2,1-3H3. The Bertz CT molecular complexity index is 713. The fourth-order valence-corrected chi connectivity index (χ4v) is 3.02. The molecular weight excluding hydrogens is 296 g/mol. The molecule has 2 aromatic heterocycles. The summed E-state index contributed by atoms with van der Waals surface area (Å²) in [6.45, 7) is 7.28. The smallest absolute Gasteiger partial charge is 0.248 e. The van der Waals surface area contributed by atoms with Crippen LogP contribution >= 0.6 is 0 Å². The van der Waals surface area contributed by atoms with Crippen LogP contribution in [0.5, 0.6) is 0 Å². The molecule has 0 atom stereocenters. The average molecular weight is 318 g/mol. The first kappa shape index (κ1) is 15.7. The van der Waals surface area contributed by atoms with Crippen LogP contribution in [0, 0.1) is 13.8 Å². The van der Waals surface area contributed by atoms with Gasteiger partial charge in [0.2, 0.25) is 11.6 Å². The fourth-order valence-electron chi connectivity index (χ4n) is 3.02. The van der Waals surface area contributed by atoms with Crippen molar-refractivity contribution in [3.63, 3.8) is 0 Å². The van der Waals surface area contributed by atoms with E-state index in [2.05, 4.69) is 27.1 Å². The van der Waals surface area contributed by atoms with Crippen LogP contribution in [0.25, 0.3) is 5.65 Å². The van der Waals surface area contributed by atoms with Gasteiger partial charge >= 0.3 is 0 Å². The minimum Gasteiger partial charge on any atom is -0.375 e. The Morgan fingerprint density at radius 2 is 2.09 bits per heavy atom. The van der Waals surface area contributed by atoms with Gasteiger partial charge < -0.3 is 14.5 Å². The van der Waals surface area contributed by atoms with Crippen LogP contribution in [-0.2, 0) is 9.53 Å². The van der Waals surface area contributed by atoms with Gasteiger partial charge in [-0.15, -0.1) is 10.2 Å². The van der Waals surface area contributed by atoms with E-state index in [0.717, 1.165) is 48.6 Å². The molecule has 1 fully saturated rings. The predicted octanol–water partition coefficient (Wildman–Crippen LogP) is 0.426. The highest BCUT2D eigenvalue weighted by Crippen LogP contribution is 2.27. The third-order valence-corrected chi connectivity index (χ3v) is 4.33. The van der Waals surface area contributed by atoms with Crippen molar-refractivity contribution in [2.45, 2.75) is 20.3 Å². The molecule has 3 rings (SSSR count). The predicted molar refractivity (Wildman–Crippen MR) is 85.5 cm³/mol. The fraction of sp³-hybridized carbons (Fsp3) is 0.600. The maximum absolute atomic E-state index is 12.0. The lowest BCUT2D eigenvalue weighted by molar-refractivity contribution is -0.134. The molecule has 3 heterocycles. The van der Waals surface area contributed by atoms with Crippen LogP contribution in [0.2, 0.25) is 0 Å². The number of aryl methyl sites for hydroxylation is 1. The molecule has 0 unspecified atom stereocenters. The van der Waals surface area contributed by atoms with Gasteiger partial charge in [-0.3, -0.25) is 4.79 Å². The third kappa shape index (κ3) is 2.98. The Morgan fingerprint density at radius 3 is 2.87 bits per heavy atom. The van der Waals surface area contributed by atoms with E-state index in [1.54, 1.807) is 18.0 Å². The molecule has 1 aliphatic rings. The lowest BCUT2D eigenvalue weighted by atomic mass is 10.2. The molecule has 124 valence electrons. The minimum atomic E-state index is 0.0459. The van der Waals surface area contributed by atoms with Crippen molar-refractivity contribution in [3.05, 3.63) is 17.6 Å². The van der Waals surface area contributed by atoms with Crippen molar-refractivity contribution < 1.29 is 9.53 Å². The Hall–Kier alpha value is -2.22. The third-order valence-electron chi connectivity index (χ3n) is 4.33. The Morgan fingerprint density at radius 1 is 1.26 bits per heavy atom. The number of amides is 1. The van der Waals surface area contributed by atoms with E-state index in [0.29, 0.717) is 6.54 Å². The van der Waals surface area contributed by atoms with E-state index in [9.17, 15) is 4.79 Å². The van der Waals surface area contributed by atoms with Crippen molar-refractivity contribution in [1.29, 1.82) is 0 Å². The number of hydrogen-bond donors (Lipinski definition) is 0. The molecule has 0 aromatic carbocycles. The molecular formula is C15H22N6O2. The molecule has 0 radical (unpaired) electrons. The van der Waals surface area contributed by atoms with Crippen LogP contribution in [0.3, 0.4) is 0 Å². The number of ether oxygens (including phenoxy) is 1. The van der Waals surface area contributed by atoms with E-state index in [4.69, 9.17) is 4.74 Å². The zero-order valence-electron chi connectivity index (χ0n) is 13.8. The SMILES string of the molecule is COCC(=O)N1CCCN(c2c(C)c(C)nn3cnnc23)CC1. The normalized spacial score (nSPS) is 16.0. The van der Waals surface area contributed by atoms with Crippen molar-refractivity contribution in [2.24, 2.45) is 0 Å². The summed E-state index contributed by atoms with van der Waals surface area (Å²) in [5.41, 5.74) is 3.91. The second-order valence-corrected chi connectivity index (χ2v) is 5.81. The van der Waals surface area contributed by atoms with Gasteiger partial charge in [0.25, 0.3) is 0 Å². The summed E-state index contributed by atoms with van der Waals surface area (Å²) in [7, 11) is 1.55. The maximum Gasteiger partial charge on any atom is 0.248 e. The number of methoxy groups -OCH3 is 1. The minimum absolute atomic E-state index is 0.0459. The zero-order valence-corrected chi connectivity index (χ0v) is 13.8. The van der Waals surface area contributed by atoms with Crippen LogP contribution in [0.4, 0.5) is 5.69 Å². The van der Waals surface area contributed by atoms with E-state index < -0.39 is 0 Å². The van der Waals surface area contributed by atoms with E-state index in [1.165, 1.54) is 0 Å². The van der Waals surface area contributed by atoms with Gasteiger partial charge in [-0.1, -0.05) is 0 Å². The van der Waals surface area contributed by atoms with Crippen LogP contribution in [-0.4, -0.2) is 70.5 Å².